The van der Waals surface area contributed by atoms with Crippen LogP contribution >= 0.6 is 0 Å². The normalized spacial score (nSPS) is 11.9. The highest BCUT2D eigenvalue weighted by Gasteiger charge is 2.20. The van der Waals surface area contributed by atoms with E-state index >= 15 is 0 Å². The summed E-state index contributed by atoms with van der Waals surface area (Å²) in [7, 11) is 3.05. The molecule has 1 atom stereocenters. The number of hydrogen-bond acceptors (Lipinski definition) is 4. The van der Waals surface area contributed by atoms with Crippen molar-refractivity contribution in [1.82, 2.24) is 9.88 Å². The number of benzene rings is 3. The van der Waals surface area contributed by atoms with Gasteiger partial charge in [-0.2, -0.15) is 0 Å². The molecule has 0 fully saturated rings. The minimum absolute atomic E-state index is 0.0381. The molecule has 0 saturated carbocycles. The standard InChI is InChI=1S/C26H25FN2O4/c1-32-19-11-12-25(33-2)20(14-19)24(30)15-28-26(31)23-13-17-7-4-6-10-22(17)29(23)16-18-8-3-5-9-21(18)27/h3-14,24,30H,15-16H2,1-2H3,(H,28,31). The SMILES string of the molecule is COc1ccc(OC)c(C(O)CNC(=O)c2cc3ccccc3n2Cc2ccccc2F)c1. The quantitative estimate of drug-likeness (QED) is 0.421. The Labute approximate surface area is 191 Å². The molecule has 3 aromatic carbocycles. The molecule has 1 aromatic heterocycles. The number of nitrogens with zero attached hydrogens (tertiary/aromatic N) is 1. The molecule has 1 amide bonds. The van der Waals surface area contributed by atoms with Crippen molar-refractivity contribution in [3.63, 3.8) is 0 Å². The topological polar surface area (TPSA) is 72.7 Å². The Balaban J connectivity index is 1.59. The molecule has 1 heterocycles. The molecule has 1 unspecified atom stereocenters. The number of rotatable bonds is 8. The molecule has 33 heavy (non-hydrogen) atoms. The van der Waals surface area contributed by atoms with Crippen molar-refractivity contribution in [3.8, 4) is 11.5 Å². The summed E-state index contributed by atoms with van der Waals surface area (Å²) < 4.78 is 26.7. The maximum absolute atomic E-state index is 14.3. The number of carbonyl (C=O) groups is 1. The van der Waals surface area contributed by atoms with Gasteiger partial charge in [-0.3, -0.25) is 4.79 Å². The van der Waals surface area contributed by atoms with E-state index in [4.69, 9.17) is 9.47 Å². The summed E-state index contributed by atoms with van der Waals surface area (Å²) in [5.41, 5.74) is 2.18. The Hall–Kier alpha value is -3.84. The lowest BCUT2D eigenvalue weighted by atomic mass is 10.1. The van der Waals surface area contributed by atoms with Crippen LogP contribution in [0.2, 0.25) is 0 Å². The van der Waals surface area contributed by atoms with Crippen molar-refractivity contribution < 1.29 is 23.8 Å². The van der Waals surface area contributed by atoms with E-state index < -0.39 is 6.10 Å². The van der Waals surface area contributed by atoms with Gasteiger partial charge in [0.2, 0.25) is 0 Å². The summed E-state index contributed by atoms with van der Waals surface area (Å²) in [6, 6.07) is 20.9. The highest BCUT2D eigenvalue weighted by Crippen LogP contribution is 2.29. The second-order valence-corrected chi connectivity index (χ2v) is 7.60. The molecule has 4 rings (SSSR count). The number of ether oxygens (including phenoxy) is 2. The number of aliphatic hydroxyl groups excluding tert-OH is 1. The number of carbonyl (C=O) groups excluding carboxylic acids is 1. The van der Waals surface area contributed by atoms with Crippen molar-refractivity contribution in [2.45, 2.75) is 12.6 Å². The van der Waals surface area contributed by atoms with E-state index in [-0.39, 0.29) is 24.8 Å². The third-order valence-electron chi connectivity index (χ3n) is 5.58. The summed E-state index contributed by atoms with van der Waals surface area (Å²) in [5.74, 6) is 0.359. The third kappa shape index (κ3) is 4.68. The van der Waals surface area contributed by atoms with Crippen LogP contribution in [-0.2, 0) is 6.54 Å². The molecule has 0 bridgehead atoms. The van der Waals surface area contributed by atoms with Crippen LogP contribution in [0.3, 0.4) is 0 Å². The van der Waals surface area contributed by atoms with Crippen LogP contribution in [0.4, 0.5) is 4.39 Å². The van der Waals surface area contributed by atoms with Crippen LogP contribution in [0, 0.1) is 5.82 Å². The minimum atomic E-state index is -1.01. The van der Waals surface area contributed by atoms with Crippen LogP contribution in [0.1, 0.15) is 27.7 Å². The maximum Gasteiger partial charge on any atom is 0.268 e. The molecular formula is C26H25FN2O4. The fraction of sp³-hybridized carbons (Fsp3) is 0.192. The van der Waals surface area contributed by atoms with Crippen molar-refractivity contribution in [3.05, 3.63) is 95.4 Å². The van der Waals surface area contributed by atoms with Gasteiger partial charge in [0.25, 0.3) is 5.91 Å². The van der Waals surface area contributed by atoms with E-state index in [9.17, 15) is 14.3 Å². The highest BCUT2D eigenvalue weighted by atomic mass is 19.1. The number of amides is 1. The first kappa shape index (κ1) is 22.4. The monoisotopic (exact) mass is 448 g/mol. The van der Waals surface area contributed by atoms with Gasteiger partial charge in [-0.05, 0) is 36.4 Å². The largest absolute Gasteiger partial charge is 0.497 e. The second-order valence-electron chi connectivity index (χ2n) is 7.60. The Morgan fingerprint density at radius 3 is 2.55 bits per heavy atom. The number of para-hydroxylation sites is 1. The first-order valence-electron chi connectivity index (χ1n) is 10.5. The van der Waals surface area contributed by atoms with Crippen LogP contribution in [0.15, 0.2) is 72.8 Å². The predicted molar refractivity (Wildman–Crippen MR) is 124 cm³/mol. The molecule has 0 radical (unpaired) electrons. The lowest BCUT2D eigenvalue weighted by Crippen LogP contribution is -2.30. The van der Waals surface area contributed by atoms with Gasteiger partial charge in [0, 0.05) is 28.6 Å². The predicted octanol–water partition coefficient (Wildman–Crippen LogP) is 4.31. The van der Waals surface area contributed by atoms with Gasteiger partial charge in [-0.1, -0.05) is 36.4 Å². The summed E-state index contributed by atoms with van der Waals surface area (Å²) in [4.78, 5) is 13.1. The van der Waals surface area contributed by atoms with Crippen LogP contribution in [0.25, 0.3) is 10.9 Å². The second kappa shape index (κ2) is 9.75. The highest BCUT2D eigenvalue weighted by molar-refractivity contribution is 5.98. The average Bonchev–Trinajstić information content (AvgIpc) is 3.21. The molecule has 0 aliphatic heterocycles. The molecule has 7 heteroatoms. The van der Waals surface area contributed by atoms with Gasteiger partial charge in [0.05, 0.1) is 20.8 Å². The molecule has 6 nitrogen and oxygen atoms in total. The number of hydrogen-bond donors (Lipinski definition) is 2. The lowest BCUT2D eigenvalue weighted by molar-refractivity contribution is 0.0906. The van der Waals surface area contributed by atoms with Crippen molar-refractivity contribution in [1.29, 1.82) is 0 Å². The maximum atomic E-state index is 14.3. The first-order chi connectivity index (χ1) is 16.0. The zero-order chi connectivity index (χ0) is 23.4. The fourth-order valence-electron chi connectivity index (χ4n) is 3.86. The summed E-state index contributed by atoms with van der Waals surface area (Å²) in [5, 5.41) is 14.4. The van der Waals surface area contributed by atoms with E-state index in [0.29, 0.717) is 28.3 Å². The van der Waals surface area contributed by atoms with E-state index in [0.717, 1.165) is 10.9 Å². The van der Waals surface area contributed by atoms with Gasteiger partial charge in [0.1, 0.15) is 29.1 Å². The Kier molecular flexibility index (Phi) is 6.60. The smallest absolute Gasteiger partial charge is 0.268 e. The number of nitrogens with one attached hydrogen (secondary N) is 1. The summed E-state index contributed by atoms with van der Waals surface area (Å²) in [6.45, 7) is 0.165. The number of aromatic nitrogens is 1. The Bertz CT molecular complexity index is 1280. The molecule has 2 N–H and O–H groups in total. The van der Waals surface area contributed by atoms with E-state index in [1.165, 1.54) is 20.3 Å². The molecule has 0 aliphatic carbocycles. The molecular weight excluding hydrogens is 423 g/mol. The van der Waals surface area contributed by atoms with Gasteiger partial charge < -0.3 is 24.5 Å². The zero-order valence-corrected chi connectivity index (χ0v) is 18.4. The summed E-state index contributed by atoms with van der Waals surface area (Å²) in [6.07, 6.45) is -1.01. The van der Waals surface area contributed by atoms with Gasteiger partial charge in [0.15, 0.2) is 0 Å². The molecule has 0 aliphatic rings. The molecule has 170 valence electrons. The Morgan fingerprint density at radius 2 is 1.79 bits per heavy atom. The first-order valence-corrected chi connectivity index (χ1v) is 10.5. The lowest BCUT2D eigenvalue weighted by Gasteiger charge is -2.17. The van der Waals surface area contributed by atoms with Gasteiger partial charge in [-0.25, -0.2) is 4.39 Å². The number of aliphatic hydroxyl groups is 1. The molecule has 4 aromatic rings. The van der Waals surface area contributed by atoms with Crippen LogP contribution < -0.4 is 14.8 Å². The zero-order valence-electron chi connectivity index (χ0n) is 18.4. The fourth-order valence-corrected chi connectivity index (χ4v) is 3.86. The number of halogens is 1. The Morgan fingerprint density at radius 1 is 1.03 bits per heavy atom. The van der Waals surface area contributed by atoms with E-state index in [2.05, 4.69) is 5.32 Å². The van der Waals surface area contributed by atoms with Gasteiger partial charge >= 0.3 is 0 Å². The van der Waals surface area contributed by atoms with E-state index in [1.54, 1.807) is 47.0 Å². The van der Waals surface area contributed by atoms with Crippen molar-refractivity contribution in [2.24, 2.45) is 0 Å². The van der Waals surface area contributed by atoms with Crippen molar-refractivity contribution in [2.75, 3.05) is 20.8 Å². The average molecular weight is 448 g/mol. The molecule has 0 saturated heterocycles. The molecule has 0 spiro atoms. The number of fused-ring (bicyclic) bond motifs is 1. The third-order valence-corrected chi connectivity index (χ3v) is 5.58. The van der Waals surface area contributed by atoms with Gasteiger partial charge in [-0.15, -0.1) is 0 Å². The van der Waals surface area contributed by atoms with E-state index in [1.807, 2.05) is 24.3 Å². The minimum Gasteiger partial charge on any atom is -0.497 e. The number of methoxy groups -OCH3 is 2. The van der Waals surface area contributed by atoms with Crippen molar-refractivity contribution >= 4 is 16.8 Å². The summed E-state index contributed by atoms with van der Waals surface area (Å²) >= 11 is 0. The van der Waals surface area contributed by atoms with Crippen LogP contribution in [-0.4, -0.2) is 36.3 Å². The van der Waals surface area contributed by atoms with Crippen LogP contribution in [0.5, 0.6) is 11.5 Å².